The lowest BCUT2D eigenvalue weighted by atomic mass is 9.98. The molecule has 1 atom stereocenters. The molecule has 0 saturated carbocycles. The van der Waals surface area contributed by atoms with Crippen LogP contribution in [0, 0.1) is 5.92 Å². The largest absolute Gasteiger partial charge is 0.446 e. The molecule has 0 radical (unpaired) electrons. The van der Waals surface area contributed by atoms with Crippen LogP contribution in [0.2, 0.25) is 0 Å². The lowest BCUT2D eigenvalue weighted by Crippen LogP contribution is -2.27. The van der Waals surface area contributed by atoms with Crippen molar-refractivity contribution in [3.63, 3.8) is 0 Å². The van der Waals surface area contributed by atoms with Gasteiger partial charge in [-0.25, -0.2) is 4.79 Å². The molecule has 3 nitrogen and oxygen atoms in total. The highest BCUT2D eigenvalue weighted by molar-refractivity contribution is 6.35. The molecule has 5 heteroatoms. The predicted molar refractivity (Wildman–Crippen MR) is 72.1 cm³/mol. The van der Waals surface area contributed by atoms with Gasteiger partial charge in [0, 0.05) is 16.5 Å². The summed E-state index contributed by atoms with van der Waals surface area (Å²) in [5, 5.41) is 1.16. The summed E-state index contributed by atoms with van der Waals surface area (Å²) in [6, 6.07) is 0. The molecule has 0 saturated heterocycles. The van der Waals surface area contributed by atoms with Crippen molar-refractivity contribution in [1.82, 2.24) is 0 Å². The number of amides is 1. The first kappa shape index (κ1) is 16.3. The van der Waals surface area contributed by atoms with Crippen molar-refractivity contribution < 1.29 is 9.53 Å². The second-order valence-electron chi connectivity index (χ2n) is 4.07. The molecule has 0 aromatic heterocycles. The Morgan fingerprint density at radius 1 is 1.41 bits per heavy atom. The molecule has 2 N–H and O–H groups in total. The number of allylic oxidation sites excluding steroid dienone is 3. The van der Waals surface area contributed by atoms with Gasteiger partial charge in [-0.3, -0.25) is 0 Å². The molecule has 98 valence electrons. The lowest BCUT2D eigenvalue weighted by Gasteiger charge is -2.22. The Morgan fingerprint density at radius 3 is 2.24 bits per heavy atom. The van der Waals surface area contributed by atoms with Crippen molar-refractivity contribution in [1.29, 1.82) is 0 Å². The number of carbonyl (C=O) groups is 1. The molecule has 0 aliphatic heterocycles. The van der Waals surface area contributed by atoms with E-state index < -0.39 is 6.09 Å². The van der Waals surface area contributed by atoms with Gasteiger partial charge in [0.15, 0.2) is 0 Å². The fourth-order valence-electron chi connectivity index (χ4n) is 1.34. The molecule has 17 heavy (non-hydrogen) atoms. The van der Waals surface area contributed by atoms with Crippen molar-refractivity contribution in [3.05, 3.63) is 21.7 Å². The van der Waals surface area contributed by atoms with Crippen LogP contribution >= 0.6 is 23.2 Å². The Hall–Kier alpha value is -0.670. The maximum Gasteiger partial charge on any atom is 0.404 e. The van der Waals surface area contributed by atoms with Crippen molar-refractivity contribution in [2.45, 2.75) is 40.2 Å². The molecule has 0 fully saturated rings. The van der Waals surface area contributed by atoms with E-state index in [1.807, 2.05) is 20.8 Å². The molecule has 0 aromatic rings. The Bertz CT molecular complexity index is 331. The number of hydrogen-bond donors (Lipinski definition) is 1. The standard InChI is InChI=1S/C12H19Cl2NO2/c1-5-10(14)9(8(4)13)6-11(7(2)3)17-12(15)16/h5,7,11H,6H2,1-4H3,(H2,15,16). The highest BCUT2D eigenvalue weighted by atomic mass is 35.5. The van der Waals surface area contributed by atoms with E-state index in [0.717, 1.165) is 5.57 Å². The SMILES string of the molecule is CC=C(Cl)C(CC(OC(N)=O)C(C)C)=C(C)Cl. The minimum Gasteiger partial charge on any atom is -0.446 e. The van der Waals surface area contributed by atoms with E-state index in [1.165, 1.54) is 0 Å². The van der Waals surface area contributed by atoms with Crippen LogP contribution < -0.4 is 5.73 Å². The van der Waals surface area contributed by atoms with Gasteiger partial charge in [0.2, 0.25) is 0 Å². The smallest absolute Gasteiger partial charge is 0.404 e. The highest BCUT2D eigenvalue weighted by Gasteiger charge is 2.20. The van der Waals surface area contributed by atoms with Crippen LogP contribution in [-0.2, 0) is 4.74 Å². The number of ether oxygens (including phenoxy) is 1. The maximum absolute atomic E-state index is 10.8. The Kier molecular flexibility index (Phi) is 7.32. The quantitative estimate of drug-likeness (QED) is 0.769. The predicted octanol–water partition coefficient (Wildman–Crippen LogP) is 4.15. The summed E-state index contributed by atoms with van der Waals surface area (Å²) in [7, 11) is 0. The zero-order chi connectivity index (χ0) is 13.6. The van der Waals surface area contributed by atoms with Gasteiger partial charge >= 0.3 is 6.09 Å². The zero-order valence-corrected chi connectivity index (χ0v) is 12.1. The highest BCUT2D eigenvalue weighted by Crippen LogP contribution is 2.28. The average Bonchev–Trinajstić information content (AvgIpc) is 2.21. The summed E-state index contributed by atoms with van der Waals surface area (Å²) >= 11 is 12.0. The van der Waals surface area contributed by atoms with Gasteiger partial charge < -0.3 is 10.5 Å². The maximum atomic E-state index is 10.8. The van der Waals surface area contributed by atoms with Crippen molar-refractivity contribution in [3.8, 4) is 0 Å². The van der Waals surface area contributed by atoms with Gasteiger partial charge in [-0.2, -0.15) is 0 Å². The van der Waals surface area contributed by atoms with Crippen LogP contribution in [0.3, 0.4) is 0 Å². The van der Waals surface area contributed by atoms with Gasteiger partial charge in [0.05, 0.1) is 0 Å². The molecular weight excluding hydrogens is 261 g/mol. The van der Waals surface area contributed by atoms with Crippen molar-refractivity contribution in [2.24, 2.45) is 11.7 Å². The van der Waals surface area contributed by atoms with Crippen LogP contribution in [0.15, 0.2) is 21.7 Å². The Balaban J connectivity index is 4.96. The number of hydrogen-bond acceptors (Lipinski definition) is 2. The molecule has 0 aliphatic carbocycles. The molecule has 0 aromatic carbocycles. The van der Waals surface area contributed by atoms with Crippen LogP contribution in [0.25, 0.3) is 0 Å². The third-order valence-corrected chi connectivity index (χ3v) is 3.05. The van der Waals surface area contributed by atoms with E-state index >= 15 is 0 Å². The Morgan fingerprint density at radius 2 is 1.94 bits per heavy atom. The van der Waals surface area contributed by atoms with E-state index in [0.29, 0.717) is 16.5 Å². The van der Waals surface area contributed by atoms with E-state index in [-0.39, 0.29) is 12.0 Å². The van der Waals surface area contributed by atoms with E-state index in [9.17, 15) is 4.79 Å². The first-order chi connectivity index (χ1) is 7.79. The first-order valence-electron chi connectivity index (χ1n) is 5.43. The van der Waals surface area contributed by atoms with Gasteiger partial charge in [0.25, 0.3) is 0 Å². The summed E-state index contributed by atoms with van der Waals surface area (Å²) in [5.41, 5.74) is 5.81. The summed E-state index contributed by atoms with van der Waals surface area (Å²) < 4.78 is 5.05. The monoisotopic (exact) mass is 279 g/mol. The number of carbonyl (C=O) groups excluding carboxylic acids is 1. The molecule has 0 rings (SSSR count). The number of nitrogens with two attached hydrogens (primary N) is 1. The van der Waals surface area contributed by atoms with Crippen molar-refractivity contribution >= 4 is 29.3 Å². The second kappa shape index (κ2) is 7.62. The lowest BCUT2D eigenvalue weighted by molar-refractivity contribution is 0.0791. The number of primary amides is 1. The minimum absolute atomic E-state index is 0.134. The van der Waals surface area contributed by atoms with Crippen LogP contribution in [0.5, 0.6) is 0 Å². The molecule has 1 amide bonds. The summed E-state index contributed by atoms with van der Waals surface area (Å²) in [6.07, 6.45) is 1.10. The van der Waals surface area contributed by atoms with E-state index in [1.54, 1.807) is 13.0 Å². The molecule has 0 spiro atoms. The molecule has 0 aliphatic rings. The molecular formula is C12H19Cl2NO2. The first-order valence-corrected chi connectivity index (χ1v) is 6.18. The third-order valence-electron chi connectivity index (χ3n) is 2.37. The number of halogens is 2. The van der Waals surface area contributed by atoms with Gasteiger partial charge in [-0.15, -0.1) is 0 Å². The summed E-state index contributed by atoms with van der Waals surface area (Å²) in [6.45, 7) is 7.46. The normalized spacial score (nSPS) is 15.6. The van der Waals surface area contributed by atoms with Crippen molar-refractivity contribution in [2.75, 3.05) is 0 Å². The summed E-state index contributed by atoms with van der Waals surface area (Å²) in [4.78, 5) is 10.8. The average molecular weight is 280 g/mol. The third kappa shape index (κ3) is 5.99. The Labute approximate surface area is 113 Å². The fourth-order valence-corrected chi connectivity index (χ4v) is 1.79. The summed E-state index contributed by atoms with van der Waals surface area (Å²) in [5.74, 6) is 0.134. The topological polar surface area (TPSA) is 52.3 Å². The molecule has 1 unspecified atom stereocenters. The molecule has 0 heterocycles. The molecule has 0 bridgehead atoms. The van der Waals surface area contributed by atoms with Gasteiger partial charge in [0.1, 0.15) is 6.10 Å². The van der Waals surface area contributed by atoms with Crippen LogP contribution in [-0.4, -0.2) is 12.2 Å². The minimum atomic E-state index is -0.785. The van der Waals surface area contributed by atoms with Crippen LogP contribution in [0.1, 0.15) is 34.1 Å². The fraction of sp³-hybridized carbons (Fsp3) is 0.583. The van der Waals surface area contributed by atoms with E-state index in [2.05, 4.69) is 0 Å². The van der Waals surface area contributed by atoms with Crippen LogP contribution in [0.4, 0.5) is 4.79 Å². The van der Waals surface area contributed by atoms with E-state index in [4.69, 9.17) is 33.7 Å². The van der Waals surface area contributed by atoms with Gasteiger partial charge in [-0.1, -0.05) is 43.1 Å². The zero-order valence-electron chi connectivity index (χ0n) is 10.6. The van der Waals surface area contributed by atoms with Gasteiger partial charge in [-0.05, 0) is 25.3 Å². The second-order valence-corrected chi connectivity index (χ2v) is 5.05. The number of rotatable bonds is 5.